The molecule has 0 saturated carbocycles. The number of benzene rings is 1. The molecule has 0 unspecified atom stereocenters. The summed E-state index contributed by atoms with van der Waals surface area (Å²) in [4.78, 5) is 160. The average molecular weight is 1230 g/mol. The highest BCUT2D eigenvalue weighted by Crippen LogP contribution is 2.46. The molecule has 0 radical (unpaired) electrons. The largest absolute Gasteiger partial charge is 0.458 e. The SMILES string of the molecule is CC[C@@]1(O)C(=O)OCc2c1cc1n(c2=O)Cc2c-1nc1cc(F)c(C)c3c1c2[C@@H](NC(=O)OCCOCNC(=O)[C@H](C)NC(=O)[C@@H](NC(=O)[C@H](CCC(=O)NC[C@H]1O[C@@H](CC(N)=O)[C@H](O)[C@@H]1O)NC(=O)CCNC(=O)CN1C(=O)C=CC1=O)C(C)C)CC3. The van der Waals surface area contributed by atoms with Crippen LogP contribution in [0.4, 0.5) is 9.18 Å². The number of aryl methyl sites for hydroxylation is 1. The van der Waals surface area contributed by atoms with E-state index in [1.165, 1.54) is 17.6 Å². The zero-order valence-electron chi connectivity index (χ0n) is 48.8. The molecule has 3 aromatic rings. The summed E-state index contributed by atoms with van der Waals surface area (Å²) in [5.74, 6) is -8.89. The normalized spacial score (nSPS) is 21.5. The third-order valence-corrected chi connectivity index (χ3v) is 16.0. The second-order valence-electron chi connectivity index (χ2n) is 22.3. The molecule has 4 aliphatic heterocycles. The maximum atomic E-state index is 15.4. The summed E-state index contributed by atoms with van der Waals surface area (Å²) < 4.78 is 38.5. The highest BCUT2D eigenvalue weighted by Gasteiger charge is 2.47. The number of aromatic nitrogens is 2. The Morgan fingerprint density at radius 1 is 0.864 bits per heavy atom. The number of ether oxygens (including phenoxy) is 4. The summed E-state index contributed by atoms with van der Waals surface area (Å²) in [5, 5.41) is 50.5. The van der Waals surface area contributed by atoms with Gasteiger partial charge < -0.3 is 81.8 Å². The molecule has 88 heavy (non-hydrogen) atoms. The molecule has 10 amide bonds. The van der Waals surface area contributed by atoms with Gasteiger partial charge in [0.25, 0.3) is 17.4 Å². The zero-order chi connectivity index (χ0) is 64.1. The molecule has 8 rings (SSSR count). The number of hydrogen-bond donors (Lipinski definition) is 11. The molecule has 1 saturated heterocycles. The molecule has 9 atom stereocenters. The highest BCUT2D eigenvalue weighted by molar-refractivity contribution is 6.14. The van der Waals surface area contributed by atoms with E-state index in [1.807, 2.05) is 0 Å². The van der Waals surface area contributed by atoms with E-state index in [9.17, 15) is 72.9 Å². The van der Waals surface area contributed by atoms with Gasteiger partial charge in [0.2, 0.25) is 41.4 Å². The molecule has 1 fully saturated rings. The van der Waals surface area contributed by atoms with Crippen molar-refractivity contribution in [3.8, 4) is 11.4 Å². The second kappa shape index (κ2) is 27.5. The number of nitrogens with two attached hydrogens (primary N) is 1. The van der Waals surface area contributed by atoms with Crippen molar-refractivity contribution in [2.24, 2.45) is 11.7 Å². The summed E-state index contributed by atoms with van der Waals surface area (Å²) in [6.07, 6.45) is -5.04. The standard InChI is InChI=1S/C57H70FN11O19/c1-6-57(84)31-17-36-48-29(21-68(36)54(81)30(31)23-87-55(57)82)46-33(8-7-28-26(4)32(58)18-35(65-48)45(28)46)66-56(83)86-16-15-85-24-62-51(78)27(5)63-53(80)47(25(2)3)67-52(79)34(64-41(72)13-14-60-42(73)22-69-43(74)11-12-44(69)75)9-10-40(71)61-20-38-50(77)49(76)37(88-38)19-39(59)70/h11-12,17-18,25,27,33-34,37-38,47,49-50,76-77,84H,6-10,13-16,19-24H2,1-5H3,(H2,59,70)(H,60,73)(H,61,71)(H,62,78)(H,63,80)(H,64,72)(H,66,83)(H,67,79)/t27-,33-,34-,37-,38+,47-,49-,50+,57-/m0/s1. The molecular weight excluding hydrogens is 1160 g/mol. The van der Waals surface area contributed by atoms with Crippen molar-refractivity contribution in [2.75, 3.05) is 39.6 Å². The fraction of sp³-hybridized carbons (Fsp3) is 0.526. The number of halogens is 1. The Morgan fingerprint density at radius 2 is 1.58 bits per heavy atom. The molecular formula is C57H70FN11O19. The lowest BCUT2D eigenvalue weighted by Gasteiger charge is -2.31. The first-order valence-electron chi connectivity index (χ1n) is 28.6. The van der Waals surface area contributed by atoms with Crippen LogP contribution in [0, 0.1) is 18.7 Å². The Labute approximate surface area is 501 Å². The van der Waals surface area contributed by atoms with Gasteiger partial charge in [-0.3, -0.25) is 52.8 Å². The van der Waals surface area contributed by atoms with Gasteiger partial charge in [-0.05, 0) is 68.2 Å². The van der Waals surface area contributed by atoms with Gasteiger partial charge in [0.05, 0.1) is 54.2 Å². The number of fused-ring (bicyclic) bond motifs is 5. The monoisotopic (exact) mass is 1230 g/mol. The van der Waals surface area contributed by atoms with Crippen molar-refractivity contribution in [3.05, 3.63) is 73.8 Å². The van der Waals surface area contributed by atoms with Crippen LogP contribution in [0.2, 0.25) is 0 Å². The third kappa shape index (κ3) is 14.1. The number of rotatable bonds is 26. The van der Waals surface area contributed by atoms with E-state index in [0.717, 1.165) is 12.2 Å². The number of nitrogens with one attached hydrogen (secondary N) is 7. The fourth-order valence-corrected chi connectivity index (χ4v) is 11.2. The quantitative estimate of drug-likeness (QED) is 0.0130. The van der Waals surface area contributed by atoms with Crippen molar-refractivity contribution in [3.63, 3.8) is 0 Å². The Hall–Kier alpha value is -8.78. The van der Waals surface area contributed by atoms with Crippen LogP contribution >= 0.6 is 0 Å². The van der Waals surface area contributed by atoms with Crippen LogP contribution < -0.4 is 48.5 Å². The topological polar surface area (TPSA) is 434 Å². The summed E-state index contributed by atoms with van der Waals surface area (Å²) in [6, 6.07) is -1.88. The summed E-state index contributed by atoms with van der Waals surface area (Å²) >= 11 is 0. The lowest BCUT2D eigenvalue weighted by Crippen LogP contribution is -2.58. The van der Waals surface area contributed by atoms with Crippen molar-refractivity contribution in [1.82, 2.24) is 51.7 Å². The summed E-state index contributed by atoms with van der Waals surface area (Å²) in [6.45, 7) is 5.32. The predicted octanol–water partition coefficient (Wildman–Crippen LogP) is -2.85. The smallest absolute Gasteiger partial charge is 0.407 e. The van der Waals surface area contributed by atoms with Gasteiger partial charge >= 0.3 is 12.1 Å². The lowest BCUT2D eigenvalue weighted by atomic mass is 9.81. The molecule has 0 spiro atoms. The molecule has 1 aromatic carbocycles. The van der Waals surface area contributed by atoms with Gasteiger partial charge in [0.15, 0.2) is 5.60 Å². The molecule has 30 nitrogen and oxygen atoms in total. The van der Waals surface area contributed by atoms with Crippen molar-refractivity contribution in [2.45, 2.75) is 147 Å². The van der Waals surface area contributed by atoms with E-state index in [0.29, 0.717) is 56.8 Å². The van der Waals surface area contributed by atoms with Gasteiger partial charge in [-0.25, -0.2) is 19.0 Å². The van der Waals surface area contributed by atoms with E-state index < -0.39 is 169 Å². The Bertz CT molecular complexity index is 3430. The number of primary amides is 1. The van der Waals surface area contributed by atoms with Crippen molar-refractivity contribution < 1.29 is 91.4 Å². The fourth-order valence-electron chi connectivity index (χ4n) is 11.2. The van der Waals surface area contributed by atoms with E-state index in [4.69, 9.17) is 29.7 Å². The third-order valence-electron chi connectivity index (χ3n) is 16.0. The van der Waals surface area contributed by atoms with Gasteiger partial charge in [0, 0.05) is 60.7 Å². The molecule has 6 heterocycles. The molecule has 5 aliphatic rings. The number of pyridine rings is 2. The van der Waals surface area contributed by atoms with E-state index in [2.05, 4.69) is 37.2 Å². The predicted molar refractivity (Wildman–Crippen MR) is 300 cm³/mol. The number of cyclic esters (lactones) is 1. The number of esters is 1. The van der Waals surface area contributed by atoms with Crippen LogP contribution in [0.25, 0.3) is 22.3 Å². The highest BCUT2D eigenvalue weighted by atomic mass is 19.1. The maximum Gasteiger partial charge on any atom is 0.407 e. The Balaban J connectivity index is 0.821. The lowest BCUT2D eigenvalue weighted by molar-refractivity contribution is -0.172. The van der Waals surface area contributed by atoms with Crippen LogP contribution in [-0.4, -0.2) is 177 Å². The second-order valence-corrected chi connectivity index (χ2v) is 22.3. The van der Waals surface area contributed by atoms with Crippen LogP contribution in [0.5, 0.6) is 0 Å². The Morgan fingerprint density at radius 3 is 2.27 bits per heavy atom. The number of alkyl carbamates (subject to hydrolysis) is 1. The van der Waals surface area contributed by atoms with E-state index >= 15 is 4.39 Å². The van der Waals surface area contributed by atoms with Crippen LogP contribution in [-0.2, 0) is 92.1 Å². The zero-order valence-corrected chi connectivity index (χ0v) is 48.8. The molecule has 1 aliphatic carbocycles. The number of aliphatic hydroxyl groups is 3. The van der Waals surface area contributed by atoms with E-state index in [1.54, 1.807) is 33.8 Å². The number of carbonyl (C=O) groups is 11. The summed E-state index contributed by atoms with van der Waals surface area (Å²) in [7, 11) is 0. The van der Waals surface area contributed by atoms with Gasteiger partial charge in [-0.15, -0.1) is 0 Å². The number of aliphatic hydroxyl groups excluding tert-OH is 2. The molecule has 12 N–H and O–H groups in total. The van der Waals surface area contributed by atoms with Gasteiger partial charge in [0.1, 0.15) is 68.7 Å². The maximum absolute atomic E-state index is 15.4. The first-order chi connectivity index (χ1) is 41.7. The first-order valence-corrected chi connectivity index (χ1v) is 28.6. The minimum absolute atomic E-state index is 0.0213. The van der Waals surface area contributed by atoms with Gasteiger partial charge in [-0.2, -0.15) is 0 Å². The summed E-state index contributed by atoms with van der Waals surface area (Å²) in [5.41, 5.74) is 6.05. The molecule has 31 heteroatoms. The van der Waals surface area contributed by atoms with E-state index in [-0.39, 0.29) is 68.9 Å². The number of hydrogen-bond acceptors (Lipinski definition) is 20. The number of nitrogens with zero attached hydrogens (tertiary/aromatic N) is 3. The number of amides is 10. The number of imide groups is 1. The van der Waals surface area contributed by atoms with Crippen molar-refractivity contribution in [1.29, 1.82) is 0 Å². The number of carbonyl (C=O) groups excluding carboxylic acids is 11. The molecule has 0 bridgehead atoms. The minimum atomic E-state index is -2.08. The average Bonchev–Trinajstić information content (AvgIpc) is 1.46. The van der Waals surface area contributed by atoms with Gasteiger partial charge in [-0.1, -0.05) is 20.8 Å². The Kier molecular flexibility index (Phi) is 20.4. The first kappa shape index (κ1) is 65.2. The van der Waals surface area contributed by atoms with Crippen LogP contribution in [0.15, 0.2) is 29.1 Å². The molecule has 2 aromatic heterocycles. The van der Waals surface area contributed by atoms with Crippen molar-refractivity contribution >= 4 is 76.1 Å². The van der Waals surface area contributed by atoms with Crippen LogP contribution in [0.1, 0.15) is 106 Å². The molecule has 474 valence electrons. The van der Waals surface area contributed by atoms with Crippen LogP contribution in [0.3, 0.4) is 0 Å². The minimum Gasteiger partial charge on any atom is -0.458 e.